The van der Waals surface area contributed by atoms with Gasteiger partial charge in [0.1, 0.15) is 0 Å². The largest absolute Gasteiger partial charge is 0.338 e. The molecule has 0 aliphatic carbocycles. The van der Waals surface area contributed by atoms with E-state index in [-0.39, 0.29) is 0 Å². The molecule has 7 heteroatoms. The van der Waals surface area contributed by atoms with Gasteiger partial charge in [-0.25, -0.2) is 9.97 Å². The highest BCUT2D eigenvalue weighted by atomic mass is 35.5. The summed E-state index contributed by atoms with van der Waals surface area (Å²) in [6, 6.07) is 8.49. The number of nitrogens with zero attached hydrogens (tertiary/aromatic N) is 5. The molecule has 27 heavy (non-hydrogen) atoms. The average Bonchev–Trinajstić information content (AvgIpc) is 2.70. The van der Waals surface area contributed by atoms with Crippen LogP contribution in [0.5, 0.6) is 0 Å². The van der Waals surface area contributed by atoms with E-state index in [1.807, 2.05) is 24.5 Å². The number of piperazine rings is 2. The van der Waals surface area contributed by atoms with Crippen LogP contribution in [0.1, 0.15) is 17.2 Å². The molecule has 4 rings (SSSR count). The lowest BCUT2D eigenvalue weighted by atomic mass is 10.0. The lowest BCUT2D eigenvalue weighted by molar-refractivity contribution is 0.153. The third-order valence-electron chi connectivity index (χ3n) is 5.45. The van der Waals surface area contributed by atoms with Crippen molar-refractivity contribution in [1.29, 1.82) is 0 Å². The van der Waals surface area contributed by atoms with Crippen LogP contribution in [0.4, 0.5) is 5.95 Å². The summed E-state index contributed by atoms with van der Waals surface area (Å²) < 4.78 is 0. The third-order valence-corrected chi connectivity index (χ3v) is 5.69. The first-order valence-electron chi connectivity index (χ1n) is 9.64. The van der Waals surface area contributed by atoms with Gasteiger partial charge in [-0.3, -0.25) is 4.90 Å². The minimum Gasteiger partial charge on any atom is -0.338 e. The van der Waals surface area contributed by atoms with Crippen LogP contribution in [0.2, 0.25) is 5.02 Å². The Kier molecular flexibility index (Phi) is 5.88. The van der Waals surface area contributed by atoms with E-state index in [9.17, 15) is 0 Å². The van der Waals surface area contributed by atoms with Gasteiger partial charge in [0.15, 0.2) is 0 Å². The van der Waals surface area contributed by atoms with E-state index in [2.05, 4.69) is 49.2 Å². The number of nitrogens with one attached hydrogen (secondary N) is 1. The van der Waals surface area contributed by atoms with Crippen LogP contribution in [0.25, 0.3) is 0 Å². The van der Waals surface area contributed by atoms with Gasteiger partial charge in [0.05, 0.1) is 0 Å². The van der Waals surface area contributed by atoms with Crippen LogP contribution in [0, 0.1) is 0 Å². The van der Waals surface area contributed by atoms with Crippen LogP contribution in [-0.2, 0) is 6.54 Å². The maximum atomic E-state index is 6.21. The Morgan fingerprint density at radius 3 is 2.63 bits per heavy atom. The van der Waals surface area contributed by atoms with Crippen LogP contribution in [0.3, 0.4) is 0 Å². The molecule has 6 nitrogen and oxygen atoms in total. The molecule has 0 spiro atoms. The third kappa shape index (κ3) is 4.58. The number of rotatable bonds is 4. The van der Waals surface area contributed by atoms with Gasteiger partial charge in [-0.05, 0) is 24.7 Å². The topological polar surface area (TPSA) is 47.5 Å². The van der Waals surface area contributed by atoms with Crippen molar-refractivity contribution in [3.63, 3.8) is 0 Å². The zero-order valence-corrected chi connectivity index (χ0v) is 16.6. The van der Waals surface area contributed by atoms with Crippen LogP contribution >= 0.6 is 11.6 Å². The van der Waals surface area contributed by atoms with E-state index in [0.29, 0.717) is 6.04 Å². The molecule has 0 saturated carbocycles. The Balaban J connectivity index is 1.44. The Morgan fingerprint density at radius 2 is 1.89 bits per heavy atom. The van der Waals surface area contributed by atoms with E-state index >= 15 is 0 Å². The summed E-state index contributed by atoms with van der Waals surface area (Å²) in [5.41, 5.74) is 2.41. The molecule has 1 unspecified atom stereocenters. The molecule has 0 amide bonds. The Hall–Kier alpha value is -1.73. The van der Waals surface area contributed by atoms with Crippen molar-refractivity contribution in [1.82, 2.24) is 25.1 Å². The monoisotopic (exact) mass is 386 g/mol. The molecule has 0 radical (unpaired) electrons. The maximum Gasteiger partial charge on any atom is 0.225 e. The van der Waals surface area contributed by atoms with E-state index in [4.69, 9.17) is 11.6 Å². The van der Waals surface area contributed by atoms with Crippen molar-refractivity contribution >= 4 is 17.5 Å². The normalized spacial score (nSPS) is 22.1. The van der Waals surface area contributed by atoms with E-state index in [0.717, 1.165) is 68.9 Å². The molecule has 3 heterocycles. The second-order valence-corrected chi connectivity index (χ2v) is 7.86. The van der Waals surface area contributed by atoms with Gasteiger partial charge in [-0.2, -0.15) is 0 Å². The maximum absolute atomic E-state index is 6.21. The quantitative estimate of drug-likeness (QED) is 0.867. The molecule has 1 N–H and O–H groups in total. The SMILES string of the molecule is CN1CCN(c2ncc(CN3CCNCC3c3cccc(Cl)c3)cn2)CC1. The van der Waals surface area contributed by atoms with E-state index in [1.165, 1.54) is 5.56 Å². The second kappa shape index (κ2) is 8.52. The molecule has 2 aromatic rings. The average molecular weight is 387 g/mol. The standard InChI is InChI=1S/C20H27ClN6/c1-25-7-9-26(10-8-25)20-23-12-16(13-24-20)15-27-6-5-22-14-19(27)17-3-2-4-18(21)11-17/h2-4,11-13,19,22H,5-10,14-15H2,1H3. The summed E-state index contributed by atoms with van der Waals surface area (Å²) in [7, 11) is 2.16. The molecule has 1 aromatic carbocycles. The summed E-state index contributed by atoms with van der Waals surface area (Å²) in [5.74, 6) is 0.846. The van der Waals surface area contributed by atoms with Crippen molar-refractivity contribution in [3.05, 3.63) is 52.8 Å². The molecule has 2 saturated heterocycles. The number of anilines is 1. The summed E-state index contributed by atoms with van der Waals surface area (Å²) in [5, 5.41) is 4.29. The van der Waals surface area contributed by atoms with Crippen molar-refractivity contribution < 1.29 is 0 Å². The predicted molar refractivity (Wildman–Crippen MR) is 109 cm³/mol. The van der Waals surface area contributed by atoms with Crippen LogP contribution < -0.4 is 10.2 Å². The van der Waals surface area contributed by atoms with Gasteiger partial charge in [-0.15, -0.1) is 0 Å². The molecule has 2 aliphatic heterocycles. The predicted octanol–water partition coefficient (Wildman–Crippen LogP) is 2.03. The number of likely N-dealkylation sites (N-methyl/N-ethyl adjacent to an activating group) is 1. The van der Waals surface area contributed by atoms with Crippen molar-refractivity contribution in [2.75, 3.05) is 57.8 Å². The molecule has 1 atom stereocenters. The molecular weight excluding hydrogens is 360 g/mol. The highest BCUT2D eigenvalue weighted by molar-refractivity contribution is 6.30. The first kappa shape index (κ1) is 18.6. The number of aromatic nitrogens is 2. The van der Waals surface area contributed by atoms with Crippen molar-refractivity contribution in [3.8, 4) is 0 Å². The van der Waals surface area contributed by atoms with Gasteiger partial charge >= 0.3 is 0 Å². The number of hydrogen-bond donors (Lipinski definition) is 1. The fourth-order valence-corrected chi connectivity index (χ4v) is 4.01. The fraction of sp³-hybridized carbons (Fsp3) is 0.500. The molecular formula is C20H27ClN6. The van der Waals surface area contributed by atoms with Crippen LogP contribution in [-0.4, -0.2) is 72.6 Å². The van der Waals surface area contributed by atoms with E-state index in [1.54, 1.807) is 0 Å². The summed E-state index contributed by atoms with van der Waals surface area (Å²) in [6.45, 7) is 7.88. The van der Waals surface area contributed by atoms with Gasteiger partial charge in [0.25, 0.3) is 0 Å². The zero-order valence-electron chi connectivity index (χ0n) is 15.8. The van der Waals surface area contributed by atoms with Crippen molar-refractivity contribution in [2.45, 2.75) is 12.6 Å². The molecule has 2 aliphatic rings. The number of halogens is 1. The Labute approximate surface area is 166 Å². The fourth-order valence-electron chi connectivity index (χ4n) is 3.81. The summed E-state index contributed by atoms with van der Waals surface area (Å²) in [4.78, 5) is 16.4. The highest BCUT2D eigenvalue weighted by Gasteiger charge is 2.24. The lowest BCUT2D eigenvalue weighted by Crippen LogP contribution is -2.45. The first-order chi connectivity index (χ1) is 13.2. The number of hydrogen-bond acceptors (Lipinski definition) is 6. The smallest absolute Gasteiger partial charge is 0.225 e. The van der Waals surface area contributed by atoms with E-state index < -0.39 is 0 Å². The van der Waals surface area contributed by atoms with Crippen molar-refractivity contribution in [2.24, 2.45) is 0 Å². The highest BCUT2D eigenvalue weighted by Crippen LogP contribution is 2.26. The molecule has 2 fully saturated rings. The summed E-state index contributed by atoms with van der Waals surface area (Å²) in [6.07, 6.45) is 3.97. The Morgan fingerprint density at radius 1 is 1.11 bits per heavy atom. The van der Waals surface area contributed by atoms with Gasteiger partial charge in [0, 0.05) is 81.4 Å². The zero-order chi connectivity index (χ0) is 18.6. The number of benzene rings is 1. The van der Waals surface area contributed by atoms with Gasteiger partial charge in [0.2, 0.25) is 5.95 Å². The van der Waals surface area contributed by atoms with Gasteiger partial charge in [-0.1, -0.05) is 23.7 Å². The molecule has 144 valence electrons. The first-order valence-corrected chi connectivity index (χ1v) is 10.0. The second-order valence-electron chi connectivity index (χ2n) is 7.43. The minimum atomic E-state index is 0.315. The molecule has 1 aromatic heterocycles. The minimum absolute atomic E-state index is 0.315. The van der Waals surface area contributed by atoms with Crippen LogP contribution in [0.15, 0.2) is 36.7 Å². The molecule has 0 bridgehead atoms. The Bertz CT molecular complexity index is 744. The summed E-state index contributed by atoms with van der Waals surface area (Å²) >= 11 is 6.21. The van der Waals surface area contributed by atoms with Gasteiger partial charge < -0.3 is 15.1 Å². The lowest BCUT2D eigenvalue weighted by Gasteiger charge is -2.36.